The van der Waals surface area contributed by atoms with E-state index >= 15 is 0 Å². The second kappa shape index (κ2) is 4.83. The summed E-state index contributed by atoms with van der Waals surface area (Å²) in [6, 6.07) is 2.39. The SMILES string of the molecule is O=C(CNc1ccc(C(F)(F)F)cn1)NC1CC1. The first kappa shape index (κ1) is 12.7. The van der Waals surface area contributed by atoms with Gasteiger partial charge in [-0.3, -0.25) is 4.79 Å². The zero-order valence-electron chi connectivity index (χ0n) is 9.42. The first-order valence-corrected chi connectivity index (χ1v) is 5.51. The van der Waals surface area contributed by atoms with E-state index in [1.807, 2.05) is 0 Å². The Hall–Kier alpha value is -1.79. The minimum atomic E-state index is -4.39. The summed E-state index contributed by atoms with van der Waals surface area (Å²) in [7, 11) is 0. The van der Waals surface area contributed by atoms with Crippen LogP contribution in [-0.4, -0.2) is 23.5 Å². The number of carbonyl (C=O) groups is 1. The molecule has 0 aromatic carbocycles. The van der Waals surface area contributed by atoms with Gasteiger partial charge >= 0.3 is 6.18 Å². The van der Waals surface area contributed by atoms with Gasteiger partial charge < -0.3 is 10.6 Å². The molecule has 1 saturated carbocycles. The summed E-state index contributed by atoms with van der Waals surface area (Å²) in [4.78, 5) is 14.9. The molecular formula is C11H12F3N3O. The maximum Gasteiger partial charge on any atom is 0.417 e. The fourth-order valence-corrected chi connectivity index (χ4v) is 1.34. The number of alkyl halides is 3. The second-order valence-electron chi connectivity index (χ2n) is 4.13. The molecule has 0 aliphatic heterocycles. The minimum absolute atomic E-state index is 0.00879. The van der Waals surface area contributed by atoms with Gasteiger partial charge in [-0.15, -0.1) is 0 Å². The molecule has 0 atom stereocenters. The number of hydrogen-bond acceptors (Lipinski definition) is 3. The van der Waals surface area contributed by atoms with Gasteiger partial charge in [0.2, 0.25) is 5.91 Å². The molecule has 0 radical (unpaired) electrons. The molecular weight excluding hydrogens is 247 g/mol. The molecule has 1 aromatic heterocycles. The van der Waals surface area contributed by atoms with Gasteiger partial charge in [0.25, 0.3) is 0 Å². The van der Waals surface area contributed by atoms with Crippen molar-refractivity contribution < 1.29 is 18.0 Å². The lowest BCUT2D eigenvalue weighted by Gasteiger charge is -2.08. The number of hydrogen-bond donors (Lipinski definition) is 2. The first-order valence-electron chi connectivity index (χ1n) is 5.51. The Morgan fingerprint density at radius 1 is 1.39 bits per heavy atom. The molecule has 98 valence electrons. The lowest BCUT2D eigenvalue weighted by Crippen LogP contribution is -2.31. The predicted molar refractivity (Wildman–Crippen MR) is 58.9 cm³/mol. The number of pyridine rings is 1. The van der Waals surface area contributed by atoms with E-state index in [2.05, 4.69) is 15.6 Å². The molecule has 1 heterocycles. The van der Waals surface area contributed by atoms with Gasteiger partial charge in [-0.2, -0.15) is 13.2 Å². The molecule has 1 fully saturated rings. The van der Waals surface area contributed by atoms with E-state index in [1.165, 1.54) is 6.07 Å². The lowest BCUT2D eigenvalue weighted by atomic mass is 10.3. The van der Waals surface area contributed by atoms with Crippen LogP contribution in [0.25, 0.3) is 0 Å². The fourth-order valence-electron chi connectivity index (χ4n) is 1.34. The maximum absolute atomic E-state index is 12.3. The van der Waals surface area contributed by atoms with E-state index in [1.54, 1.807) is 0 Å². The van der Waals surface area contributed by atoms with E-state index in [4.69, 9.17) is 0 Å². The molecule has 0 spiro atoms. The Balaban J connectivity index is 1.84. The Morgan fingerprint density at radius 3 is 2.61 bits per heavy atom. The van der Waals surface area contributed by atoms with Gasteiger partial charge in [0, 0.05) is 12.2 Å². The summed E-state index contributed by atoms with van der Waals surface area (Å²) in [6.07, 6.45) is -1.68. The lowest BCUT2D eigenvalue weighted by molar-refractivity contribution is -0.137. The van der Waals surface area contributed by atoms with Crippen molar-refractivity contribution in [2.75, 3.05) is 11.9 Å². The zero-order valence-corrected chi connectivity index (χ0v) is 9.42. The first-order chi connectivity index (χ1) is 8.45. The van der Waals surface area contributed by atoms with Crippen molar-refractivity contribution >= 4 is 11.7 Å². The number of nitrogens with one attached hydrogen (secondary N) is 2. The molecule has 1 aromatic rings. The van der Waals surface area contributed by atoms with Crippen molar-refractivity contribution in [3.63, 3.8) is 0 Å². The van der Waals surface area contributed by atoms with Crippen LogP contribution >= 0.6 is 0 Å². The molecule has 1 aliphatic carbocycles. The van der Waals surface area contributed by atoms with Crippen LogP contribution in [-0.2, 0) is 11.0 Å². The Morgan fingerprint density at radius 2 is 2.11 bits per heavy atom. The number of anilines is 1. The van der Waals surface area contributed by atoms with Gasteiger partial charge in [0.05, 0.1) is 12.1 Å². The molecule has 18 heavy (non-hydrogen) atoms. The Labute approximate surface area is 102 Å². The van der Waals surface area contributed by atoms with Gasteiger partial charge in [-0.25, -0.2) is 4.98 Å². The van der Waals surface area contributed by atoms with E-state index in [0.29, 0.717) is 0 Å². The summed E-state index contributed by atoms with van der Waals surface area (Å²) in [5.41, 5.74) is -0.810. The van der Waals surface area contributed by atoms with Crippen LogP contribution in [0, 0.1) is 0 Å². The normalized spacial score (nSPS) is 15.3. The van der Waals surface area contributed by atoms with Gasteiger partial charge in [-0.05, 0) is 25.0 Å². The minimum Gasteiger partial charge on any atom is -0.361 e. The summed E-state index contributed by atoms with van der Waals surface area (Å²) in [5, 5.41) is 5.42. The molecule has 0 bridgehead atoms. The summed E-state index contributed by atoms with van der Waals surface area (Å²) < 4.78 is 36.8. The van der Waals surface area contributed by atoms with E-state index in [9.17, 15) is 18.0 Å². The topological polar surface area (TPSA) is 54.0 Å². The third kappa shape index (κ3) is 3.61. The molecule has 1 aliphatic rings. The van der Waals surface area contributed by atoms with Crippen molar-refractivity contribution in [3.05, 3.63) is 23.9 Å². The smallest absolute Gasteiger partial charge is 0.361 e. The average molecular weight is 259 g/mol. The number of nitrogens with zero attached hydrogens (tertiary/aromatic N) is 1. The van der Waals surface area contributed by atoms with Crippen LogP contribution in [0.2, 0.25) is 0 Å². The van der Waals surface area contributed by atoms with Crippen LogP contribution in [0.1, 0.15) is 18.4 Å². The van der Waals surface area contributed by atoms with E-state index in [0.717, 1.165) is 25.1 Å². The van der Waals surface area contributed by atoms with Crippen molar-refractivity contribution in [1.29, 1.82) is 0 Å². The second-order valence-corrected chi connectivity index (χ2v) is 4.13. The third-order valence-electron chi connectivity index (χ3n) is 2.46. The van der Waals surface area contributed by atoms with Crippen molar-refractivity contribution in [2.45, 2.75) is 25.1 Å². The highest BCUT2D eigenvalue weighted by molar-refractivity contribution is 5.80. The molecule has 7 heteroatoms. The predicted octanol–water partition coefficient (Wildman–Crippen LogP) is 1.79. The van der Waals surface area contributed by atoms with Gasteiger partial charge in [0.1, 0.15) is 5.82 Å². The Kier molecular flexibility index (Phi) is 3.40. The quantitative estimate of drug-likeness (QED) is 0.866. The van der Waals surface area contributed by atoms with Crippen molar-refractivity contribution in [3.8, 4) is 0 Å². The van der Waals surface area contributed by atoms with Crippen molar-refractivity contribution in [2.24, 2.45) is 0 Å². The monoisotopic (exact) mass is 259 g/mol. The molecule has 0 unspecified atom stereocenters. The standard InChI is InChI=1S/C11H12F3N3O/c12-11(13,14)7-1-4-9(15-5-7)16-6-10(18)17-8-2-3-8/h1,4-5,8H,2-3,6H2,(H,15,16)(H,17,18). The van der Waals surface area contributed by atoms with E-state index in [-0.39, 0.29) is 24.3 Å². The van der Waals surface area contributed by atoms with E-state index < -0.39 is 11.7 Å². The molecule has 4 nitrogen and oxygen atoms in total. The zero-order chi connectivity index (χ0) is 13.2. The van der Waals surface area contributed by atoms with Crippen LogP contribution in [0.4, 0.5) is 19.0 Å². The largest absolute Gasteiger partial charge is 0.417 e. The molecule has 0 saturated heterocycles. The molecule has 2 N–H and O–H groups in total. The van der Waals surface area contributed by atoms with Crippen LogP contribution in [0.3, 0.4) is 0 Å². The number of halogens is 3. The fraction of sp³-hybridized carbons (Fsp3) is 0.455. The molecule has 1 amide bonds. The van der Waals surface area contributed by atoms with Crippen LogP contribution in [0.15, 0.2) is 18.3 Å². The highest BCUT2D eigenvalue weighted by Gasteiger charge is 2.30. The van der Waals surface area contributed by atoms with Gasteiger partial charge in [0.15, 0.2) is 0 Å². The number of aromatic nitrogens is 1. The third-order valence-corrected chi connectivity index (χ3v) is 2.46. The summed E-state index contributed by atoms with van der Waals surface area (Å²) in [6.45, 7) is 0.00879. The summed E-state index contributed by atoms with van der Waals surface area (Å²) >= 11 is 0. The highest BCUT2D eigenvalue weighted by Crippen LogP contribution is 2.28. The average Bonchev–Trinajstić information content (AvgIpc) is 3.10. The number of rotatable bonds is 4. The van der Waals surface area contributed by atoms with Gasteiger partial charge in [-0.1, -0.05) is 0 Å². The molecule has 2 rings (SSSR count). The Bertz CT molecular complexity index is 426. The number of amides is 1. The number of carbonyl (C=O) groups excluding carboxylic acids is 1. The highest BCUT2D eigenvalue weighted by atomic mass is 19.4. The van der Waals surface area contributed by atoms with Crippen LogP contribution < -0.4 is 10.6 Å². The van der Waals surface area contributed by atoms with Crippen molar-refractivity contribution in [1.82, 2.24) is 10.3 Å². The maximum atomic E-state index is 12.3. The van der Waals surface area contributed by atoms with Crippen LogP contribution in [0.5, 0.6) is 0 Å². The summed E-state index contributed by atoms with van der Waals surface area (Å²) in [5.74, 6) is 0.0631.